The predicted molar refractivity (Wildman–Crippen MR) is 131 cm³/mol. The van der Waals surface area contributed by atoms with E-state index in [0.29, 0.717) is 18.7 Å². The first-order valence-corrected chi connectivity index (χ1v) is 12.5. The molecule has 1 unspecified atom stereocenters. The maximum Gasteiger partial charge on any atom is 0.407 e. The average Bonchev–Trinajstić information content (AvgIpc) is 3.16. The summed E-state index contributed by atoms with van der Waals surface area (Å²) in [6.07, 6.45) is -0.371. The quantitative estimate of drug-likeness (QED) is 0.321. The molecule has 8 nitrogen and oxygen atoms in total. The molecule has 2 aromatic rings. The third kappa shape index (κ3) is 6.98. The summed E-state index contributed by atoms with van der Waals surface area (Å²) in [4.78, 5) is 36.1. The minimum Gasteiger partial charge on any atom is -0.481 e. The monoisotopic (exact) mass is 486 g/mol. The van der Waals surface area contributed by atoms with Crippen LogP contribution in [0, 0.1) is 0 Å². The molecule has 0 heterocycles. The van der Waals surface area contributed by atoms with Crippen LogP contribution in [0.4, 0.5) is 4.79 Å². The number of rotatable bonds is 13. The predicted octanol–water partition coefficient (Wildman–Crippen LogP) is 2.99. The Morgan fingerprint density at radius 2 is 1.65 bits per heavy atom. The molecule has 2 amide bonds. The molecule has 0 spiro atoms. The van der Waals surface area contributed by atoms with E-state index in [9.17, 15) is 14.4 Å². The highest BCUT2D eigenvalue weighted by atomic mass is 32.2. The van der Waals surface area contributed by atoms with Crippen LogP contribution in [0.1, 0.15) is 36.3 Å². The van der Waals surface area contributed by atoms with Crippen molar-refractivity contribution in [3.8, 4) is 11.1 Å². The number of carbonyl (C=O) groups is 3. The van der Waals surface area contributed by atoms with Gasteiger partial charge in [0.2, 0.25) is 5.91 Å². The smallest absolute Gasteiger partial charge is 0.407 e. The van der Waals surface area contributed by atoms with Gasteiger partial charge >= 0.3 is 12.1 Å². The Morgan fingerprint density at radius 1 is 1.00 bits per heavy atom. The molecule has 4 N–H and O–H groups in total. The largest absolute Gasteiger partial charge is 0.481 e. The van der Waals surface area contributed by atoms with Crippen molar-refractivity contribution in [1.82, 2.24) is 10.6 Å². The lowest BCUT2D eigenvalue weighted by Gasteiger charge is -2.19. The Kier molecular flexibility index (Phi) is 9.78. The number of hydrogen-bond donors (Lipinski definition) is 4. The number of amides is 2. The molecule has 2 aromatic carbocycles. The number of fused-ring (bicyclic) bond motifs is 3. The summed E-state index contributed by atoms with van der Waals surface area (Å²) in [5.41, 5.74) is 4.39. The van der Waals surface area contributed by atoms with Gasteiger partial charge in [0.1, 0.15) is 12.6 Å². The maximum atomic E-state index is 12.5. The summed E-state index contributed by atoms with van der Waals surface area (Å²) in [5, 5.41) is 23.1. The number of hydrogen-bond acceptors (Lipinski definition) is 6. The van der Waals surface area contributed by atoms with Gasteiger partial charge < -0.3 is 25.6 Å². The van der Waals surface area contributed by atoms with Crippen molar-refractivity contribution >= 4 is 29.7 Å². The lowest BCUT2D eigenvalue weighted by molar-refractivity contribution is -0.137. The number of carboxylic acids is 1. The van der Waals surface area contributed by atoms with E-state index in [-0.39, 0.29) is 32.0 Å². The van der Waals surface area contributed by atoms with Crippen molar-refractivity contribution in [2.45, 2.75) is 31.2 Å². The molecular weight excluding hydrogens is 456 g/mol. The van der Waals surface area contributed by atoms with Crippen LogP contribution in [0.15, 0.2) is 48.5 Å². The van der Waals surface area contributed by atoms with Crippen LogP contribution in [0.5, 0.6) is 0 Å². The fourth-order valence-corrected chi connectivity index (χ4v) is 4.74. The van der Waals surface area contributed by atoms with Crippen LogP contribution in [-0.4, -0.2) is 65.5 Å². The second-order valence-electron chi connectivity index (χ2n) is 7.94. The Balaban J connectivity index is 1.56. The van der Waals surface area contributed by atoms with E-state index in [1.54, 1.807) is 11.8 Å². The zero-order valence-corrected chi connectivity index (χ0v) is 19.7. The standard InChI is InChI=1S/C25H30N2O6S/c28-13-5-14-34-15-12-26-24(31)22(10-11-23(29)30)27-25(32)33-16-21-19-8-3-1-6-17(19)18-7-2-4-9-20(18)21/h1-4,6-9,21-22,28H,5,10-16H2,(H,26,31)(H,27,32)(H,29,30). The topological polar surface area (TPSA) is 125 Å². The summed E-state index contributed by atoms with van der Waals surface area (Å²) in [7, 11) is 0. The fourth-order valence-electron chi connectivity index (χ4n) is 3.96. The van der Waals surface area contributed by atoms with Crippen molar-refractivity contribution in [3.05, 3.63) is 59.7 Å². The summed E-state index contributed by atoms with van der Waals surface area (Å²) >= 11 is 1.59. The van der Waals surface area contributed by atoms with Gasteiger partial charge in [-0.15, -0.1) is 0 Å². The number of carboxylic acid groups (broad SMARTS) is 1. The molecule has 1 aliphatic carbocycles. The van der Waals surface area contributed by atoms with Gasteiger partial charge in [0.25, 0.3) is 0 Å². The number of aliphatic hydroxyl groups excluding tert-OH is 1. The first kappa shape index (κ1) is 25.6. The van der Waals surface area contributed by atoms with E-state index >= 15 is 0 Å². The molecule has 182 valence electrons. The number of carbonyl (C=O) groups excluding carboxylic acids is 2. The minimum absolute atomic E-state index is 0.0387. The van der Waals surface area contributed by atoms with Crippen molar-refractivity contribution in [2.24, 2.45) is 0 Å². The molecule has 9 heteroatoms. The average molecular weight is 487 g/mol. The molecule has 0 bridgehead atoms. The summed E-state index contributed by atoms with van der Waals surface area (Å²) in [6.45, 7) is 0.611. The van der Waals surface area contributed by atoms with Crippen molar-refractivity contribution in [3.63, 3.8) is 0 Å². The van der Waals surface area contributed by atoms with Crippen molar-refractivity contribution in [1.29, 1.82) is 0 Å². The third-order valence-corrected chi connectivity index (χ3v) is 6.66. The van der Waals surface area contributed by atoms with E-state index in [1.165, 1.54) is 0 Å². The molecule has 0 aromatic heterocycles. The van der Waals surface area contributed by atoms with Gasteiger partial charge in [-0.2, -0.15) is 11.8 Å². The molecule has 1 aliphatic rings. The molecular formula is C25H30N2O6S. The van der Waals surface area contributed by atoms with Crippen LogP contribution in [0.2, 0.25) is 0 Å². The van der Waals surface area contributed by atoms with Gasteiger partial charge in [-0.05, 0) is 40.8 Å². The maximum absolute atomic E-state index is 12.5. The Labute approximate surface area is 203 Å². The van der Waals surface area contributed by atoms with E-state index in [2.05, 4.69) is 10.6 Å². The number of nitrogens with one attached hydrogen (secondary N) is 2. The highest BCUT2D eigenvalue weighted by Crippen LogP contribution is 2.44. The molecule has 0 radical (unpaired) electrons. The molecule has 0 saturated heterocycles. The fraction of sp³-hybridized carbons (Fsp3) is 0.400. The number of ether oxygens (including phenoxy) is 1. The Bertz CT molecular complexity index is 953. The van der Waals surface area contributed by atoms with Gasteiger partial charge in [0.05, 0.1) is 0 Å². The summed E-state index contributed by atoms with van der Waals surface area (Å²) in [5.74, 6) is -0.167. The normalized spacial score (nSPS) is 13.0. The Morgan fingerprint density at radius 3 is 2.26 bits per heavy atom. The molecule has 34 heavy (non-hydrogen) atoms. The van der Waals surface area contributed by atoms with Crippen molar-refractivity contribution < 1.29 is 29.3 Å². The molecule has 0 aliphatic heterocycles. The van der Waals surface area contributed by atoms with Crippen LogP contribution in [-0.2, 0) is 14.3 Å². The van der Waals surface area contributed by atoms with E-state index in [4.69, 9.17) is 14.9 Å². The van der Waals surface area contributed by atoms with E-state index in [1.807, 2.05) is 48.5 Å². The van der Waals surface area contributed by atoms with Gasteiger partial charge in [-0.1, -0.05) is 48.5 Å². The molecule has 0 saturated carbocycles. The van der Waals surface area contributed by atoms with Gasteiger partial charge in [0, 0.05) is 31.2 Å². The zero-order chi connectivity index (χ0) is 24.3. The Hall–Kier alpha value is -3.04. The zero-order valence-electron chi connectivity index (χ0n) is 18.9. The number of thioether (sulfide) groups is 1. The first-order valence-electron chi connectivity index (χ1n) is 11.3. The van der Waals surface area contributed by atoms with Gasteiger partial charge in [0.15, 0.2) is 0 Å². The molecule has 3 rings (SSSR count). The molecule has 0 fully saturated rings. The summed E-state index contributed by atoms with van der Waals surface area (Å²) in [6, 6.07) is 15.0. The number of aliphatic hydroxyl groups is 1. The lowest BCUT2D eigenvalue weighted by Crippen LogP contribution is -2.47. The van der Waals surface area contributed by atoms with Gasteiger partial charge in [-0.3, -0.25) is 9.59 Å². The SMILES string of the molecule is O=C(O)CCC(NC(=O)OCC1c2ccccc2-c2ccccc21)C(=O)NCCSCCCO. The van der Waals surface area contributed by atoms with E-state index < -0.39 is 24.0 Å². The van der Waals surface area contributed by atoms with E-state index in [0.717, 1.165) is 28.0 Å². The number of alkyl carbamates (subject to hydrolysis) is 1. The second-order valence-corrected chi connectivity index (χ2v) is 9.16. The van der Waals surface area contributed by atoms with Crippen LogP contribution < -0.4 is 10.6 Å². The highest BCUT2D eigenvalue weighted by Gasteiger charge is 2.29. The highest BCUT2D eigenvalue weighted by molar-refractivity contribution is 7.99. The third-order valence-electron chi connectivity index (χ3n) is 5.59. The van der Waals surface area contributed by atoms with Crippen LogP contribution >= 0.6 is 11.8 Å². The molecule has 1 atom stereocenters. The van der Waals surface area contributed by atoms with Crippen LogP contribution in [0.3, 0.4) is 0 Å². The number of aliphatic carboxylic acids is 1. The lowest BCUT2D eigenvalue weighted by atomic mass is 9.98. The second kappa shape index (κ2) is 13.0. The van der Waals surface area contributed by atoms with Gasteiger partial charge in [-0.25, -0.2) is 4.79 Å². The number of benzene rings is 2. The summed E-state index contributed by atoms with van der Waals surface area (Å²) < 4.78 is 5.49. The van der Waals surface area contributed by atoms with Crippen LogP contribution in [0.25, 0.3) is 11.1 Å². The van der Waals surface area contributed by atoms with Crippen molar-refractivity contribution in [2.75, 3.05) is 31.3 Å². The minimum atomic E-state index is -1.05. The first-order chi connectivity index (χ1) is 16.5.